The fourth-order valence-electron chi connectivity index (χ4n) is 5.11. The molecule has 2 N–H and O–H groups in total. The van der Waals surface area contributed by atoms with Crippen LogP contribution in [0.4, 0.5) is 4.79 Å². The molecule has 40 heavy (non-hydrogen) atoms. The number of likely N-dealkylation sites (tertiary alicyclic amines) is 1. The number of nitrogens with zero attached hydrogens (tertiary/aromatic N) is 3. The molecule has 2 aromatic carbocycles. The summed E-state index contributed by atoms with van der Waals surface area (Å²) in [4.78, 5) is 42.8. The van der Waals surface area contributed by atoms with Crippen LogP contribution in [0.15, 0.2) is 59.4 Å². The van der Waals surface area contributed by atoms with Gasteiger partial charge < -0.3 is 19.7 Å². The Labute approximate surface area is 235 Å². The lowest BCUT2D eigenvalue weighted by molar-refractivity contribution is 0.0854. The van der Waals surface area contributed by atoms with E-state index in [0.29, 0.717) is 55.3 Å². The maximum absolute atomic E-state index is 13.3. The molecule has 0 spiro atoms. The van der Waals surface area contributed by atoms with Crippen LogP contribution in [0.1, 0.15) is 39.5 Å². The maximum atomic E-state index is 13.3. The SMILES string of the molecule is COC(=O)N1CCC(C(Cc2n[nH]c(=O)s2)NC(=O)c2ccc(OCc3cc(C)nc4ccccc34)cc2)CC1. The van der Waals surface area contributed by atoms with E-state index in [-0.39, 0.29) is 28.8 Å². The van der Waals surface area contributed by atoms with Crippen molar-refractivity contribution in [3.05, 3.63) is 86.1 Å². The van der Waals surface area contributed by atoms with Gasteiger partial charge in [-0.25, -0.2) is 9.89 Å². The van der Waals surface area contributed by atoms with Gasteiger partial charge in [0.1, 0.15) is 17.4 Å². The molecule has 3 heterocycles. The number of hydrogen-bond donors (Lipinski definition) is 2. The minimum Gasteiger partial charge on any atom is -0.489 e. The average Bonchev–Trinajstić information content (AvgIpc) is 3.39. The van der Waals surface area contributed by atoms with Crippen molar-refractivity contribution in [1.82, 2.24) is 25.4 Å². The van der Waals surface area contributed by atoms with Crippen molar-refractivity contribution < 1.29 is 19.1 Å². The van der Waals surface area contributed by atoms with E-state index in [2.05, 4.69) is 20.5 Å². The fraction of sp³-hybridized carbons (Fsp3) is 0.345. The lowest BCUT2D eigenvalue weighted by Gasteiger charge is -2.35. The third kappa shape index (κ3) is 6.48. The van der Waals surface area contributed by atoms with Gasteiger partial charge in [0, 0.05) is 47.8 Å². The standard InChI is InChI=1S/C29H31N5O5S/c1-18-15-21(23-5-3-4-6-24(23)30-18)17-39-22-9-7-20(8-10-22)27(35)31-25(16-26-32-33-28(36)40-26)19-11-13-34(14-12-19)29(37)38-2/h3-10,15,19,25H,11-14,16-17H2,1-2H3,(H,31,35)(H,33,36). The highest BCUT2D eigenvalue weighted by Gasteiger charge is 2.31. The molecule has 1 atom stereocenters. The number of piperidine rings is 1. The largest absolute Gasteiger partial charge is 0.489 e. The van der Waals surface area contributed by atoms with Crippen molar-refractivity contribution >= 4 is 34.2 Å². The Balaban J connectivity index is 1.24. The van der Waals surface area contributed by atoms with E-state index in [1.165, 1.54) is 7.11 Å². The number of para-hydroxylation sites is 1. The molecular formula is C29H31N5O5S. The lowest BCUT2D eigenvalue weighted by atomic mass is 9.87. The average molecular weight is 562 g/mol. The minimum atomic E-state index is -0.348. The number of carbonyl (C=O) groups is 2. The number of benzene rings is 2. The maximum Gasteiger partial charge on any atom is 0.409 e. The number of methoxy groups -OCH3 is 1. The summed E-state index contributed by atoms with van der Waals surface area (Å²) in [7, 11) is 1.37. The van der Waals surface area contributed by atoms with Gasteiger partial charge in [-0.05, 0) is 62.1 Å². The van der Waals surface area contributed by atoms with Gasteiger partial charge in [-0.1, -0.05) is 29.5 Å². The van der Waals surface area contributed by atoms with Gasteiger partial charge in [0.05, 0.1) is 12.6 Å². The van der Waals surface area contributed by atoms with E-state index in [9.17, 15) is 14.4 Å². The van der Waals surface area contributed by atoms with Crippen LogP contribution in [0.5, 0.6) is 5.75 Å². The van der Waals surface area contributed by atoms with Crippen LogP contribution in [0, 0.1) is 12.8 Å². The second-order valence-electron chi connectivity index (χ2n) is 9.84. The highest BCUT2D eigenvalue weighted by molar-refractivity contribution is 7.08. The Hall–Kier alpha value is -4.25. The number of pyridine rings is 1. The van der Waals surface area contributed by atoms with Crippen LogP contribution < -0.4 is 14.9 Å². The number of ether oxygens (including phenoxy) is 2. The first-order chi connectivity index (χ1) is 19.4. The van der Waals surface area contributed by atoms with Crippen molar-refractivity contribution in [3.63, 3.8) is 0 Å². The van der Waals surface area contributed by atoms with E-state index in [1.807, 2.05) is 37.3 Å². The van der Waals surface area contributed by atoms with Gasteiger partial charge >= 0.3 is 11.0 Å². The second kappa shape index (κ2) is 12.3. The van der Waals surface area contributed by atoms with Gasteiger partial charge in [-0.3, -0.25) is 14.6 Å². The number of aromatic nitrogens is 3. The molecule has 2 aromatic heterocycles. The quantitative estimate of drug-likeness (QED) is 0.332. The molecule has 5 rings (SSSR count). The van der Waals surface area contributed by atoms with E-state index < -0.39 is 0 Å². The zero-order chi connectivity index (χ0) is 28.1. The molecule has 11 heteroatoms. The predicted molar refractivity (Wildman–Crippen MR) is 152 cm³/mol. The Kier molecular flexibility index (Phi) is 8.40. The summed E-state index contributed by atoms with van der Waals surface area (Å²) in [6.07, 6.45) is 1.49. The molecule has 10 nitrogen and oxygen atoms in total. The molecule has 1 unspecified atom stereocenters. The van der Waals surface area contributed by atoms with Crippen LogP contribution in [0.25, 0.3) is 10.9 Å². The first-order valence-corrected chi connectivity index (χ1v) is 14.0. The van der Waals surface area contributed by atoms with E-state index in [1.54, 1.807) is 29.2 Å². The number of H-pyrrole nitrogens is 1. The van der Waals surface area contributed by atoms with Crippen molar-refractivity contribution in [1.29, 1.82) is 0 Å². The molecule has 0 aliphatic carbocycles. The van der Waals surface area contributed by atoms with Crippen molar-refractivity contribution in [3.8, 4) is 5.75 Å². The minimum absolute atomic E-state index is 0.116. The normalized spacial score (nSPS) is 14.6. The van der Waals surface area contributed by atoms with Crippen LogP contribution in [0.2, 0.25) is 0 Å². The molecule has 1 fully saturated rings. The molecule has 4 aromatic rings. The van der Waals surface area contributed by atoms with Crippen LogP contribution >= 0.6 is 11.3 Å². The van der Waals surface area contributed by atoms with Gasteiger partial charge in [-0.15, -0.1) is 0 Å². The fourth-order valence-corrected chi connectivity index (χ4v) is 5.77. The summed E-state index contributed by atoms with van der Waals surface area (Å²) >= 11 is 1.04. The number of carbonyl (C=O) groups excluding carboxylic acids is 2. The topological polar surface area (TPSA) is 127 Å². The van der Waals surface area contributed by atoms with Crippen molar-refractivity contribution in [2.24, 2.45) is 5.92 Å². The van der Waals surface area contributed by atoms with Crippen LogP contribution in [-0.2, 0) is 17.8 Å². The molecule has 1 aliphatic heterocycles. The number of aromatic amines is 1. The molecule has 1 aliphatic rings. The van der Waals surface area contributed by atoms with Crippen molar-refractivity contribution in [2.45, 2.75) is 38.8 Å². The van der Waals surface area contributed by atoms with Gasteiger partial charge in [0.15, 0.2) is 0 Å². The van der Waals surface area contributed by atoms with E-state index in [0.717, 1.165) is 33.5 Å². The monoisotopic (exact) mass is 561 g/mol. The van der Waals surface area contributed by atoms with Gasteiger partial charge in [0.25, 0.3) is 5.91 Å². The first-order valence-electron chi connectivity index (χ1n) is 13.2. The summed E-state index contributed by atoms with van der Waals surface area (Å²) in [5, 5.41) is 11.4. The summed E-state index contributed by atoms with van der Waals surface area (Å²) in [6, 6.07) is 16.8. The molecule has 208 valence electrons. The van der Waals surface area contributed by atoms with Crippen LogP contribution in [-0.4, -0.2) is 58.3 Å². The third-order valence-electron chi connectivity index (χ3n) is 7.18. The highest BCUT2D eigenvalue weighted by atomic mass is 32.1. The molecule has 0 radical (unpaired) electrons. The number of fused-ring (bicyclic) bond motifs is 1. The molecule has 0 saturated carbocycles. The number of aryl methyl sites for hydroxylation is 1. The highest BCUT2D eigenvalue weighted by Crippen LogP contribution is 2.25. The predicted octanol–water partition coefficient (Wildman–Crippen LogP) is 4.09. The number of nitrogens with one attached hydrogen (secondary N) is 2. The molecule has 1 saturated heterocycles. The summed E-state index contributed by atoms with van der Waals surface area (Å²) in [6.45, 7) is 3.43. The van der Waals surface area contributed by atoms with Gasteiger partial charge in [-0.2, -0.15) is 5.10 Å². The number of hydrogen-bond acceptors (Lipinski definition) is 8. The Morgan fingerprint density at radius 2 is 1.90 bits per heavy atom. The van der Waals surface area contributed by atoms with E-state index in [4.69, 9.17) is 9.47 Å². The zero-order valence-corrected chi connectivity index (χ0v) is 23.2. The second-order valence-corrected chi connectivity index (χ2v) is 10.9. The summed E-state index contributed by atoms with van der Waals surface area (Å²) in [5.74, 6) is 0.554. The lowest BCUT2D eigenvalue weighted by Crippen LogP contribution is -2.47. The number of amides is 2. The van der Waals surface area contributed by atoms with Crippen LogP contribution in [0.3, 0.4) is 0 Å². The smallest absolute Gasteiger partial charge is 0.409 e. The zero-order valence-electron chi connectivity index (χ0n) is 22.4. The Morgan fingerprint density at radius 3 is 2.60 bits per heavy atom. The third-order valence-corrected chi connectivity index (χ3v) is 7.95. The molecule has 2 amide bonds. The Bertz CT molecular complexity index is 1540. The Morgan fingerprint density at radius 1 is 1.15 bits per heavy atom. The first kappa shape index (κ1) is 27.3. The van der Waals surface area contributed by atoms with Crippen molar-refractivity contribution in [2.75, 3.05) is 20.2 Å². The molecule has 0 bridgehead atoms. The summed E-state index contributed by atoms with van der Waals surface area (Å²) in [5.41, 5.74) is 3.41. The summed E-state index contributed by atoms with van der Waals surface area (Å²) < 4.78 is 10.9. The van der Waals surface area contributed by atoms with Gasteiger partial charge in [0.2, 0.25) is 0 Å². The molecular weight excluding hydrogens is 530 g/mol. The number of rotatable bonds is 8. The van der Waals surface area contributed by atoms with E-state index >= 15 is 0 Å².